The summed E-state index contributed by atoms with van der Waals surface area (Å²) in [6.45, 7) is 5.92. The highest BCUT2D eigenvalue weighted by Crippen LogP contribution is 2.32. The van der Waals surface area contributed by atoms with Crippen LogP contribution in [0.2, 0.25) is 0 Å². The van der Waals surface area contributed by atoms with Crippen molar-refractivity contribution < 1.29 is 9.47 Å². The van der Waals surface area contributed by atoms with E-state index in [0.29, 0.717) is 5.92 Å². The van der Waals surface area contributed by atoms with Crippen LogP contribution in [-0.4, -0.2) is 61.3 Å². The van der Waals surface area contributed by atoms with E-state index < -0.39 is 0 Å². The number of methoxy groups -OCH3 is 2. The third-order valence-corrected chi connectivity index (χ3v) is 5.58. The zero-order valence-corrected chi connectivity index (χ0v) is 18.0. The van der Waals surface area contributed by atoms with Crippen LogP contribution in [-0.2, 0) is 6.54 Å². The van der Waals surface area contributed by atoms with Gasteiger partial charge in [-0.25, -0.2) is 4.98 Å². The van der Waals surface area contributed by atoms with Crippen molar-refractivity contribution >= 4 is 5.96 Å². The lowest BCUT2D eigenvalue weighted by Gasteiger charge is -2.22. The van der Waals surface area contributed by atoms with Crippen LogP contribution in [0.3, 0.4) is 0 Å². The summed E-state index contributed by atoms with van der Waals surface area (Å²) in [5.41, 5.74) is 1.26. The number of nitrogens with zero attached hydrogens (tertiary/aromatic N) is 4. The highest BCUT2D eigenvalue weighted by molar-refractivity contribution is 5.80. The van der Waals surface area contributed by atoms with E-state index >= 15 is 0 Å². The first-order chi connectivity index (χ1) is 14.1. The number of aliphatic imine (C=N–C) groups is 1. The SMILES string of the molecule is CN=C(NCCCCn1ccnc1C)N1CCC(c2cc(OC)cc(OC)c2)C1. The second-order valence-electron chi connectivity index (χ2n) is 7.43. The van der Waals surface area contributed by atoms with Gasteiger partial charge in [0.2, 0.25) is 0 Å². The molecule has 158 valence electrons. The van der Waals surface area contributed by atoms with Gasteiger partial charge in [-0.3, -0.25) is 4.99 Å². The topological polar surface area (TPSA) is 63.9 Å². The molecule has 1 aliphatic rings. The number of guanidine groups is 1. The van der Waals surface area contributed by atoms with Crippen molar-refractivity contribution in [3.05, 3.63) is 42.0 Å². The van der Waals surface area contributed by atoms with Crippen LogP contribution in [0.1, 0.15) is 36.6 Å². The summed E-state index contributed by atoms with van der Waals surface area (Å²) >= 11 is 0. The zero-order valence-electron chi connectivity index (χ0n) is 18.0. The summed E-state index contributed by atoms with van der Waals surface area (Å²) in [7, 11) is 5.25. The van der Waals surface area contributed by atoms with Crippen molar-refractivity contribution in [3.8, 4) is 11.5 Å². The largest absolute Gasteiger partial charge is 0.497 e. The average molecular weight is 400 g/mol. The molecule has 0 saturated carbocycles. The summed E-state index contributed by atoms with van der Waals surface area (Å²) in [6, 6.07) is 6.15. The number of benzene rings is 1. The van der Waals surface area contributed by atoms with Crippen LogP contribution in [0, 0.1) is 6.92 Å². The number of likely N-dealkylation sites (tertiary alicyclic amines) is 1. The standard InChI is InChI=1S/C22H33N5O2/c1-17-24-9-12-26(17)10-6-5-8-25-22(23-2)27-11-7-18(16-27)19-13-20(28-3)15-21(14-19)29-4/h9,12-15,18H,5-8,10-11,16H2,1-4H3,(H,23,25). The van der Waals surface area contributed by atoms with Gasteiger partial charge in [0, 0.05) is 57.6 Å². The number of imidazole rings is 1. The fraction of sp³-hybridized carbons (Fsp3) is 0.545. The third-order valence-electron chi connectivity index (χ3n) is 5.58. The lowest BCUT2D eigenvalue weighted by atomic mass is 9.98. The van der Waals surface area contributed by atoms with E-state index in [1.165, 1.54) is 5.56 Å². The lowest BCUT2D eigenvalue weighted by molar-refractivity contribution is 0.392. The molecule has 1 aromatic heterocycles. The maximum absolute atomic E-state index is 5.43. The fourth-order valence-electron chi connectivity index (χ4n) is 3.87. The van der Waals surface area contributed by atoms with Crippen molar-refractivity contribution in [2.24, 2.45) is 4.99 Å². The van der Waals surface area contributed by atoms with Crippen molar-refractivity contribution in [2.45, 2.75) is 38.6 Å². The summed E-state index contributed by atoms with van der Waals surface area (Å²) in [5.74, 6) is 4.19. The Hall–Kier alpha value is -2.70. The Morgan fingerprint density at radius 3 is 2.59 bits per heavy atom. The molecule has 3 rings (SSSR count). The van der Waals surface area contributed by atoms with Gasteiger partial charge in [0.15, 0.2) is 5.96 Å². The smallest absolute Gasteiger partial charge is 0.193 e. The Balaban J connectivity index is 1.48. The molecule has 0 bridgehead atoms. The summed E-state index contributed by atoms with van der Waals surface area (Å²) in [4.78, 5) is 11.1. The van der Waals surface area contributed by atoms with Crippen molar-refractivity contribution in [1.82, 2.24) is 19.8 Å². The third kappa shape index (κ3) is 5.43. The zero-order chi connectivity index (χ0) is 20.6. The number of aromatic nitrogens is 2. The van der Waals surface area contributed by atoms with Gasteiger partial charge in [0.05, 0.1) is 14.2 Å². The van der Waals surface area contributed by atoms with Crippen LogP contribution >= 0.6 is 0 Å². The molecule has 0 spiro atoms. The van der Waals surface area contributed by atoms with Gasteiger partial charge < -0.3 is 24.3 Å². The van der Waals surface area contributed by atoms with E-state index in [4.69, 9.17) is 9.47 Å². The van der Waals surface area contributed by atoms with Crippen LogP contribution in [0.4, 0.5) is 0 Å². The van der Waals surface area contributed by atoms with Crippen LogP contribution in [0.15, 0.2) is 35.6 Å². The number of unbranched alkanes of at least 4 members (excludes halogenated alkanes) is 1. The second-order valence-corrected chi connectivity index (χ2v) is 7.43. The molecule has 2 heterocycles. The maximum Gasteiger partial charge on any atom is 0.193 e. The van der Waals surface area contributed by atoms with Crippen LogP contribution in [0.5, 0.6) is 11.5 Å². The van der Waals surface area contributed by atoms with Gasteiger partial charge in [0.25, 0.3) is 0 Å². The van der Waals surface area contributed by atoms with Crippen molar-refractivity contribution in [1.29, 1.82) is 0 Å². The number of rotatable bonds is 8. The van der Waals surface area contributed by atoms with E-state index in [-0.39, 0.29) is 0 Å². The first kappa shape index (κ1) is 21.0. The number of hydrogen-bond acceptors (Lipinski definition) is 4. The quantitative estimate of drug-likeness (QED) is 0.420. The first-order valence-corrected chi connectivity index (χ1v) is 10.3. The summed E-state index contributed by atoms with van der Waals surface area (Å²) < 4.78 is 13.1. The minimum absolute atomic E-state index is 0.446. The molecule has 1 aliphatic heterocycles. The monoisotopic (exact) mass is 399 g/mol. The lowest BCUT2D eigenvalue weighted by Crippen LogP contribution is -2.40. The molecular formula is C22H33N5O2. The molecule has 7 heteroatoms. The molecule has 29 heavy (non-hydrogen) atoms. The minimum atomic E-state index is 0.446. The van der Waals surface area contributed by atoms with E-state index in [9.17, 15) is 0 Å². The molecule has 1 fully saturated rings. The van der Waals surface area contributed by atoms with Crippen LogP contribution < -0.4 is 14.8 Å². The number of ether oxygens (including phenoxy) is 2. The predicted octanol–water partition coefficient (Wildman–Crippen LogP) is 3.05. The molecule has 0 aliphatic carbocycles. The Morgan fingerprint density at radius 2 is 1.97 bits per heavy atom. The molecule has 1 N–H and O–H groups in total. The Labute approximate surface area is 173 Å². The molecule has 0 amide bonds. The number of nitrogens with one attached hydrogen (secondary N) is 1. The molecule has 0 radical (unpaired) electrons. The normalized spacial score (nSPS) is 16.9. The molecule has 7 nitrogen and oxygen atoms in total. The molecule has 2 aromatic rings. The molecule has 1 aromatic carbocycles. The van der Waals surface area contributed by atoms with Crippen LogP contribution in [0.25, 0.3) is 0 Å². The highest BCUT2D eigenvalue weighted by Gasteiger charge is 2.26. The van der Waals surface area contributed by atoms with E-state index in [1.54, 1.807) is 14.2 Å². The second kappa shape index (κ2) is 10.2. The van der Waals surface area contributed by atoms with Gasteiger partial charge in [-0.15, -0.1) is 0 Å². The van der Waals surface area contributed by atoms with E-state index in [1.807, 2.05) is 32.4 Å². The highest BCUT2D eigenvalue weighted by atomic mass is 16.5. The van der Waals surface area contributed by atoms with E-state index in [2.05, 4.69) is 36.9 Å². The van der Waals surface area contributed by atoms with Crippen molar-refractivity contribution in [3.63, 3.8) is 0 Å². The summed E-state index contributed by atoms with van der Waals surface area (Å²) in [5, 5.41) is 3.52. The Kier molecular flexibility index (Phi) is 7.38. The Bertz CT molecular complexity index is 795. The van der Waals surface area contributed by atoms with Gasteiger partial charge in [-0.05, 0) is 43.9 Å². The molecule has 1 atom stereocenters. The van der Waals surface area contributed by atoms with Gasteiger partial charge in [0.1, 0.15) is 17.3 Å². The van der Waals surface area contributed by atoms with Gasteiger partial charge >= 0.3 is 0 Å². The molecular weight excluding hydrogens is 366 g/mol. The molecule has 1 unspecified atom stereocenters. The van der Waals surface area contributed by atoms with E-state index in [0.717, 1.165) is 68.7 Å². The number of hydrogen-bond donors (Lipinski definition) is 1. The maximum atomic E-state index is 5.43. The first-order valence-electron chi connectivity index (χ1n) is 10.3. The number of aryl methyl sites for hydroxylation is 2. The van der Waals surface area contributed by atoms with Crippen molar-refractivity contribution in [2.75, 3.05) is 40.9 Å². The van der Waals surface area contributed by atoms with Gasteiger partial charge in [-0.1, -0.05) is 0 Å². The predicted molar refractivity (Wildman–Crippen MR) is 116 cm³/mol. The van der Waals surface area contributed by atoms with Gasteiger partial charge in [-0.2, -0.15) is 0 Å². The fourth-order valence-corrected chi connectivity index (χ4v) is 3.87. The molecule has 1 saturated heterocycles. The minimum Gasteiger partial charge on any atom is -0.497 e. The average Bonchev–Trinajstić information content (AvgIpc) is 3.39. The Morgan fingerprint density at radius 1 is 1.21 bits per heavy atom. The summed E-state index contributed by atoms with van der Waals surface area (Å²) in [6.07, 6.45) is 7.21.